The van der Waals surface area contributed by atoms with Crippen molar-refractivity contribution in [2.45, 2.75) is 38.1 Å². The minimum atomic E-state index is -0.694. The maximum atomic E-state index is 11.2. The number of anilines is 1. The molecule has 0 amide bonds. The highest BCUT2D eigenvalue weighted by Gasteiger charge is 2.29. The molecule has 2 unspecified atom stereocenters. The van der Waals surface area contributed by atoms with Crippen molar-refractivity contribution in [1.82, 2.24) is 4.98 Å². The lowest BCUT2D eigenvalue weighted by molar-refractivity contribution is -0.142. The van der Waals surface area contributed by atoms with Crippen molar-refractivity contribution in [2.75, 3.05) is 5.32 Å². The molecule has 17 heavy (non-hydrogen) atoms. The largest absolute Gasteiger partial charge is 0.481 e. The van der Waals surface area contributed by atoms with Crippen LogP contribution in [0.4, 0.5) is 5.13 Å². The van der Waals surface area contributed by atoms with Gasteiger partial charge in [0, 0.05) is 11.4 Å². The Morgan fingerprint density at radius 2 is 2.24 bits per heavy atom. The molecule has 2 rings (SSSR count). The molecule has 4 nitrogen and oxygen atoms in total. The average Bonchev–Trinajstić information content (AvgIpc) is 2.55. The van der Waals surface area contributed by atoms with Gasteiger partial charge in [0.2, 0.25) is 0 Å². The van der Waals surface area contributed by atoms with Crippen LogP contribution in [0.3, 0.4) is 0 Å². The molecule has 0 saturated heterocycles. The first-order valence-electron chi connectivity index (χ1n) is 5.77. The smallest absolute Gasteiger partial charge is 0.308 e. The number of aliphatic carboxylic acids is 1. The fourth-order valence-corrected chi connectivity index (χ4v) is 3.46. The van der Waals surface area contributed by atoms with Crippen molar-refractivity contribution >= 4 is 38.4 Å². The number of thiazole rings is 1. The third kappa shape index (κ3) is 3.42. The van der Waals surface area contributed by atoms with E-state index in [1.54, 1.807) is 0 Å². The van der Waals surface area contributed by atoms with Crippen molar-refractivity contribution in [2.24, 2.45) is 5.92 Å². The lowest BCUT2D eigenvalue weighted by atomic mass is 9.95. The van der Waals surface area contributed by atoms with E-state index in [1.165, 1.54) is 11.3 Å². The molecule has 1 aromatic heterocycles. The first kappa shape index (κ1) is 12.8. The van der Waals surface area contributed by atoms with Gasteiger partial charge in [0.15, 0.2) is 5.13 Å². The summed E-state index contributed by atoms with van der Waals surface area (Å²) in [6, 6.07) is 0.00745. The van der Waals surface area contributed by atoms with Crippen molar-refractivity contribution in [3.63, 3.8) is 0 Å². The van der Waals surface area contributed by atoms with Gasteiger partial charge in [0.05, 0.1) is 5.92 Å². The lowest BCUT2D eigenvalue weighted by Gasteiger charge is -2.22. The molecule has 1 aliphatic carbocycles. The lowest BCUT2D eigenvalue weighted by Crippen LogP contribution is -2.33. The number of nitrogens with zero attached hydrogens (tertiary/aromatic N) is 1. The molecular weight excluding hydrogens is 304 g/mol. The van der Waals surface area contributed by atoms with Crippen LogP contribution in [0, 0.1) is 5.92 Å². The summed E-state index contributed by atoms with van der Waals surface area (Å²) in [5.41, 5.74) is 0. The third-order valence-electron chi connectivity index (χ3n) is 3.12. The Morgan fingerprint density at radius 3 is 2.88 bits per heavy atom. The molecule has 0 aromatic carbocycles. The highest BCUT2D eigenvalue weighted by molar-refractivity contribution is 9.10. The molecule has 2 N–H and O–H groups in total. The summed E-state index contributed by atoms with van der Waals surface area (Å²) in [5.74, 6) is -0.986. The number of nitrogens with one attached hydrogen (secondary N) is 1. The van der Waals surface area contributed by atoms with Gasteiger partial charge >= 0.3 is 5.97 Å². The van der Waals surface area contributed by atoms with Crippen molar-refractivity contribution in [3.8, 4) is 0 Å². The minimum absolute atomic E-state index is 0.00745. The summed E-state index contributed by atoms with van der Waals surface area (Å²) in [4.78, 5) is 15.5. The summed E-state index contributed by atoms with van der Waals surface area (Å²) < 4.78 is 0.797. The van der Waals surface area contributed by atoms with E-state index >= 15 is 0 Å². The Morgan fingerprint density at radius 1 is 1.47 bits per heavy atom. The molecule has 6 heteroatoms. The molecule has 94 valence electrons. The summed E-state index contributed by atoms with van der Waals surface area (Å²) in [6.07, 6.45) is 4.90. The number of aromatic nitrogens is 1. The van der Waals surface area contributed by atoms with Crippen LogP contribution in [0.2, 0.25) is 0 Å². The van der Waals surface area contributed by atoms with Crippen LogP contribution < -0.4 is 5.32 Å². The van der Waals surface area contributed by atoms with Crippen LogP contribution in [-0.2, 0) is 4.79 Å². The van der Waals surface area contributed by atoms with E-state index in [1.807, 2.05) is 5.38 Å². The van der Waals surface area contributed by atoms with Crippen LogP contribution in [0.1, 0.15) is 32.1 Å². The molecule has 1 heterocycles. The molecule has 1 fully saturated rings. The Balaban J connectivity index is 2.07. The van der Waals surface area contributed by atoms with Crippen molar-refractivity contribution < 1.29 is 9.90 Å². The van der Waals surface area contributed by atoms with E-state index in [9.17, 15) is 9.90 Å². The molecule has 0 radical (unpaired) electrons. The predicted molar refractivity (Wildman–Crippen MR) is 71.4 cm³/mol. The highest BCUT2D eigenvalue weighted by Crippen LogP contribution is 2.28. The topological polar surface area (TPSA) is 62.2 Å². The molecule has 1 aliphatic rings. The van der Waals surface area contributed by atoms with E-state index < -0.39 is 5.97 Å². The normalized spacial score (nSPS) is 25.2. The number of rotatable bonds is 3. The van der Waals surface area contributed by atoms with Crippen LogP contribution in [0.25, 0.3) is 0 Å². The van der Waals surface area contributed by atoms with Gasteiger partial charge in [-0.05, 0) is 28.8 Å². The number of carboxylic acids is 1. The summed E-state index contributed by atoms with van der Waals surface area (Å²) in [7, 11) is 0. The molecule has 2 atom stereocenters. The van der Waals surface area contributed by atoms with Crippen LogP contribution in [0.15, 0.2) is 9.98 Å². The van der Waals surface area contributed by atoms with Crippen molar-refractivity contribution in [3.05, 3.63) is 9.98 Å². The number of carbonyl (C=O) groups is 1. The van der Waals surface area contributed by atoms with E-state index in [4.69, 9.17) is 0 Å². The Kier molecular flexibility index (Phi) is 4.39. The second-order valence-electron chi connectivity index (χ2n) is 4.31. The molecular formula is C11H15BrN2O2S. The molecule has 1 aromatic rings. The molecule has 0 aliphatic heterocycles. The van der Waals surface area contributed by atoms with Gasteiger partial charge in [-0.2, -0.15) is 0 Å². The second-order valence-corrected chi connectivity index (χ2v) is 5.98. The van der Waals surface area contributed by atoms with Gasteiger partial charge < -0.3 is 10.4 Å². The van der Waals surface area contributed by atoms with Gasteiger partial charge in [-0.3, -0.25) is 4.79 Å². The number of hydrogen-bond acceptors (Lipinski definition) is 4. The summed E-state index contributed by atoms with van der Waals surface area (Å²) >= 11 is 4.80. The maximum absolute atomic E-state index is 11.2. The average molecular weight is 319 g/mol. The van der Waals surface area contributed by atoms with E-state index in [0.717, 1.165) is 41.8 Å². The Labute approximate surface area is 113 Å². The van der Waals surface area contributed by atoms with E-state index in [0.29, 0.717) is 0 Å². The zero-order valence-electron chi connectivity index (χ0n) is 9.36. The minimum Gasteiger partial charge on any atom is -0.481 e. The standard InChI is InChI=1S/C11H15BrN2O2S/c12-9-6-17-11(14-9)13-8-5-3-1-2-4-7(8)10(15)16/h6-8H,1-5H2,(H,13,14)(H,15,16). The Hall–Kier alpha value is -0.620. The van der Waals surface area contributed by atoms with Crippen molar-refractivity contribution in [1.29, 1.82) is 0 Å². The molecule has 0 spiro atoms. The van der Waals surface area contributed by atoms with Crippen LogP contribution in [0.5, 0.6) is 0 Å². The maximum Gasteiger partial charge on any atom is 0.308 e. The monoisotopic (exact) mass is 318 g/mol. The van der Waals surface area contributed by atoms with Crippen LogP contribution in [-0.4, -0.2) is 22.1 Å². The third-order valence-corrected chi connectivity index (χ3v) is 4.60. The number of halogens is 1. The van der Waals surface area contributed by atoms with E-state index in [2.05, 4.69) is 26.2 Å². The zero-order chi connectivity index (χ0) is 12.3. The molecule has 0 bridgehead atoms. The van der Waals surface area contributed by atoms with E-state index in [-0.39, 0.29) is 12.0 Å². The zero-order valence-corrected chi connectivity index (χ0v) is 11.8. The summed E-state index contributed by atoms with van der Waals surface area (Å²) in [5, 5.41) is 15.2. The Bertz CT molecular complexity index is 397. The number of hydrogen-bond donors (Lipinski definition) is 2. The quantitative estimate of drug-likeness (QED) is 0.839. The van der Waals surface area contributed by atoms with Gasteiger partial charge in [0.25, 0.3) is 0 Å². The predicted octanol–water partition coefficient (Wildman–Crippen LogP) is 3.35. The van der Waals surface area contributed by atoms with Gasteiger partial charge in [-0.15, -0.1) is 11.3 Å². The summed E-state index contributed by atoms with van der Waals surface area (Å²) in [6.45, 7) is 0. The fraction of sp³-hybridized carbons (Fsp3) is 0.636. The van der Waals surface area contributed by atoms with Gasteiger partial charge in [-0.25, -0.2) is 4.98 Å². The van der Waals surface area contributed by atoms with Gasteiger partial charge in [-0.1, -0.05) is 19.3 Å². The highest BCUT2D eigenvalue weighted by atomic mass is 79.9. The van der Waals surface area contributed by atoms with Crippen LogP contribution >= 0.6 is 27.3 Å². The number of carboxylic acid groups (broad SMARTS) is 1. The van der Waals surface area contributed by atoms with Gasteiger partial charge in [0.1, 0.15) is 4.60 Å². The first-order valence-corrected chi connectivity index (χ1v) is 7.44. The second kappa shape index (κ2) is 5.82. The fourth-order valence-electron chi connectivity index (χ4n) is 2.26. The first-order chi connectivity index (χ1) is 8.16. The molecule has 1 saturated carbocycles. The SMILES string of the molecule is O=C(O)C1CCCCCC1Nc1nc(Br)cs1.